The van der Waals surface area contributed by atoms with E-state index < -0.39 is 11.9 Å². The molecule has 0 aromatic heterocycles. The molecular weight excluding hydrogens is 159 g/mol. The van der Waals surface area contributed by atoms with Crippen LogP contribution in [0.25, 0.3) is 0 Å². The molecule has 0 amide bonds. The Morgan fingerprint density at radius 2 is 1.91 bits per heavy atom. The standard InChI is InChI=1S/C5H8F3N3/c1-11(2)10-3-4(9)5(6,7)8/h3,9H,1-2H3/b9-4?,10-3+. The summed E-state index contributed by atoms with van der Waals surface area (Å²) >= 11 is 0. The fourth-order valence-corrected chi connectivity index (χ4v) is 0.246. The first-order valence-electron chi connectivity index (χ1n) is 2.71. The lowest BCUT2D eigenvalue weighted by atomic mass is 10.4. The van der Waals surface area contributed by atoms with Crippen LogP contribution in [0, 0.1) is 5.41 Å². The molecule has 0 aliphatic rings. The third-order valence-electron chi connectivity index (χ3n) is 0.723. The number of hydrogen-bond acceptors (Lipinski definition) is 3. The Bertz CT molecular complexity index is 170. The molecule has 0 heterocycles. The predicted octanol–water partition coefficient (Wildman–Crippen LogP) is 1.12. The van der Waals surface area contributed by atoms with Gasteiger partial charge in [0.15, 0.2) is 5.71 Å². The molecule has 0 atom stereocenters. The number of nitrogens with one attached hydrogen (secondary N) is 1. The summed E-state index contributed by atoms with van der Waals surface area (Å²) in [6.07, 6.45) is -4.14. The first-order valence-corrected chi connectivity index (χ1v) is 2.71. The molecule has 11 heavy (non-hydrogen) atoms. The van der Waals surface area contributed by atoms with Crippen LogP contribution >= 0.6 is 0 Å². The molecular formula is C5H8F3N3. The van der Waals surface area contributed by atoms with Gasteiger partial charge in [-0.2, -0.15) is 18.3 Å². The van der Waals surface area contributed by atoms with Crippen LogP contribution in [0.4, 0.5) is 13.2 Å². The third-order valence-corrected chi connectivity index (χ3v) is 0.723. The maximum Gasteiger partial charge on any atom is 0.434 e. The van der Waals surface area contributed by atoms with E-state index in [1.807, 2.05) is 0 Å². The highest BCUT2D eigenvalue weighted by Crippen LogP contribution is 2.14. The monoisotopic (exact) mass is 167 g/mol. The van der Waals surface area contributed by atoms with E-state index >= 15 is 0 Å². The molecule has 0 aromatic rings. The fraction of sp³-hybridized carbons (Fsp3) is 0.600. The molecule has 0 aliphatic heterocycles. The number of alkyl halides is 3. The van der Waals surface area contributed by atoms with E-state index in [-0.39, 0.29) is 0 Å². The van der Waals surface area contributed by atoms with Crippen LogP contribution in [0.2, 0.25) is 0 Å². The van der Waals surface area contributed by atoms with Crippen molar-refractivity contribution in [2.24, 2.45) is 5.10 Å². The molecule has 0 aliphatic carbocycles. The lowest BCUT2D eigenvalue weighted by Crippen LogP contribution is -2.23. The topological polar surface area (TPSA) is 39.5 Å². The van der Waals surface area contributed by atoms with Gasteiger partial charge in [0.05, 0.1) is 6.21 Å². The minimum atomic E-state index is -4.60. The zero-order valence-electron chi connectivity index (χ0n) is 6.11. The minimum Gasteiger partial charge on any atom is -0.303 e. The highest BCUT2D eigenvalue weighted by molar-refractivity contribution is 6.31. The quantitative estimate of drug-likeness (QED) is 0.485. The molecule has 0 unspecified atom stereocenters. The Balaban J connectivity index is 4.09. The van der Waals surface area contributed by atoms with E-state index in [4.69, 9.17) is 5.41 Å². The maximum atomic E-state index is 11.6. The van der Waals surface area contributed by atoms with Gasteiger partial charge in [-0.15, -0.1) is 0 Å². The average molecular weight is 167 g/mol. The largest absolute Gasteiger partial charge is 0.434 e. The molecule has 0 radical (unpaired) electrons. The number of nitrogens with zero attached hydrogens (tertiary/aromatic N) is 2. The second-order valence-corrected chi connectivity index (χ2v) is 2.00. The molecule has 0 bridgehead atoms. The minimum absolute atomic E-state index is 0.458. The Morgan fingerprint density at radius 1 is 1.45 bits per heavy atom. The van der Waals surface area contributed by atoms with Gasteiger partial charge in [0, 0.05) is 14.1 Å². The summed E-state index contributed by atoms with van der Waals surface area (Å²) in [5, 5.41) is 10.9. The Kier molecular flexibility index (Phi) is 3.03. The zero-order valence-corrected chi connectivity index (χ0v) is 6.11. The summed E-state index contributed by atoms with van der Waals surface area (Å²) in [6.45, 7) is 0. The van der Waals surface area contributed by atoms with Crippen LogP contribution in [-0.2, 0) is 0 Å². The average Bonchev–Trinajstić information content (AvgIpc) is 1.80. The van der Waals surface area contributed by atoms with Crippen molar-refractivity contribution in [3.8, 4) is 0 Å². The maximum absolute atomic E-state index is 11.6. The van der Waals surface area contributed by atoms with Crippen molar-refractivity contribution >= 4 is 11.9 Å². The summed E-state index contributed by atoms with van der Waals surface area (Å²) in [4.78, 5) is 0. The lowest BCUT2D eigenvalue weighted by Gasteiger charge is -2.05. The second kappa shape index (κ2) is 3.36. The van der Waals surface area contributed by atoms with Crippen molar-refractivity contribution < 1.29 is 13.2 Å². The molecule has 64 valence electrons. The summed E-state index contributed by atoms with van der Waals surface area (Å²) in [6, 6.07) is 0. The summed E-state index contributed by atoms with van der Waals surface area (Å²) < 4.78 is 34.7. The van der Waals surface area contributed by atoms with E-state index in [0.29, 0.717) is 6.21 Å². The van der Waals surface area contributed by atoms with Crippen LogP contribution in [0.15, 0.2) is 5.10 Å². The smallest absolute Gasteiger partial charge is 0.303 e. The summed E-state index contributed by atoms with van der Waals surface area (Å²) in [7, 11) is 2.94. The third kappa shape index (κ3) is 4.35. The summed E-state index contributed by atoms with van der Waals surface area (Å²) in [5.41, 5.74) is -1.45. The SMILES string of the molecule is CN(C)/N=C/C(=N)C(F)(F)F. The molecule has 0 saturated heterocycles. The van der Waals surface area contributed by atoms with E-state index in [2.05, 4.69) is 5.10 Å². The first kappa shape index (κ1) is 9.93. The molecule has 0 fully saturated rings. The summed E-state index contributed by atoms with van der Waals surface area (Å²) in [5.74, 6) is 0. The predicted molar refractivity (Wildman–Crippen MR) is 36.0 cm³/mol. The fourth-order valence-electron chi connectivity index (χ4n) is 0.246. The van der Waals surface area contributed by atoms with Crippen molar-refractivity contribution in [2.45, 2.75) is 6.18 Å². The van der Waals surface area contributed by atoms with Crippen LogP contribution in [0.5, 0.6) is 0 Å². The van der Waals surface area contributed by atoms with Crippen LogP contribution in [0.3, 0.4) is 0 Å². The van der Waals surface area contributed by atoms with Gasteiger partial charge in [0.1, 0.15) is 0 Å². The van der Waals surface area contributed by atoms with E-state index in [1.165, 1.54) is 19.1 Å². The van der Waals surface area contributed by atoms with Crippen LogP contribution < -0.4 is 0 Å². The Hall–Kier alpha value is -1.07. The van der Waals surface area contributed by atoms with Gasteiger partial charge < -0.3 is 5.01 Å². The number of rotatable bonds is 2. The Morgan fingerprint density at radius 3 is 2.18 bits per heavy atom. The second-order valence-electron chi connectivity index (χ2n) is 2.00. The van der Waals surface area contributed by atoms with Gasteiger partial charge in [-0.05, 0) is 0 Å². The van der Waals surface area contributed by atoms with Gasteiger partial charge in [-0.3, -0.25) is 5.41 Å². The molecule has 3 nitrogen and oxygen atoms in total. The molecule has 0 saturated carbocycles. The molecule has 6 heteroatoms. The number of halogens is 3. The van der Waals surface area contributed by atoms with Crippen LogP contribution in [0.1, 0.15) is 0 Å². The van der Waals surface area contributed by atoms with Crippen LogP contribution in [-0.4, -0.2) is 37.2 Å². The van der Waals surface area contributed by atoms with Crippen molar-refractivity contribution in [3.63, 3.8) is 0 Å². The molecule has 1 N–H and O–H groups in total. The van der Waals surface area contributed by atoms with E-state index in [1.54, 1.807) is 0 Å². The molecule has 0 aromatic carbocycles. The van der Waals surface area contributed by atoms with Crippen molar-refractivity contribution in [1.29, 1.82) is 5.41 Å². The van der Waals surface area contributed by atoms with E-state index in [9.17, 15) is 13.2 Å². The highest BCUT2D eigenvalue weighted by Gasteiger charge is 2.32. The molecule has 0 spiro atoms. The van der Waals surface area contributed by atoms with Gasteiger partial charge in [0.2, 0.25) is 0 Å². The first-order chi connectivity index (χ1) is 4.84. The van der Waals surface area contributed by atoms with Gasteiger partial charge in [-0.1, -0.05) is 0 Å². The molecule has 0 rings (SSSR count). The van der Waals surface area contributed by atoms with Gasteiger partial charge >= 0.3 is 6.18 Å². The zero-order chi connectivity index (χ0) is 9.07. The van der Waals surface area contributed by atoms with Gasteiger partial charge in [0.25, 0.3) is 0 Å². The number of hydrazone groups is 1. The lowest BCUT2D eigenvalue weighted by molar-refractivity contribution is -0.0571. The number of hydrogen-bond donors (Lipinski definition) is 1. The van der Waals surface area contributed by atoms with Crippen molar-refractivity contribution in [2.75, 3.05) is 14.1 Å². The van der Waals surface area contributed by atoms with E-state index in [0.717, 1.165) is 0 Å². The highest BCUT2D eigenvalue weighted by atomic mass is 19.4. The normalized spacial score (nSPS) is 12.1. The Labute approximate surface area is 62.0 Å². The van der Waals surface area contributed by atoms with Crippen molar-refractivity contribution in [1.82, 2.24) is 5.01 Å². The van der Waals surface area contributed by atoms with Gasteiger partial charge in [-0.25, -0.2) is 0 Å². The van der Waals surface area contributed by atoms with Crippen molar-refractivity contribution in [3.05, 3.63) is 0 Å².